The lowest BCUT2D eigenvalue weighted by Crippen LogP contribution is -2.14. The topological polar surface area (TPSA) is 73.9 Å². The van der Waals surface area contributed by atoms with Crippen molar-refractivity contribution in [3.05, 3.63) is 52.2 Å². The summed E-state index contributed by atoms with van der Waals surface area (Å²) in [4.78, 5) is 26.1. The molecule has 2 aromatic heterocycles. The Balaban J connectivity index is 1.65. The van der Waals surface area contributed by atoms with Gasteiger partial charge >= 0.3 is 5.97 Å². The van der Waals surface area contributed by atoms with Crippen LogP contribution in [0, 0.1) is 0 Å². The Morgan fingerprint density at radius 1 is 1.19 bits per heavy atom. The van der Waals surface area contributed by atoms with Gasteiger partial charge in [-0.1, -0.05) is 6.07 Å². The molecule has 138 valence electrons. The number of rotatable bonds is 5. The number of esters is 1. The molecule has 0 aliphatic carbocycles. The van der Waals surface area contributed by atoms with Gasteiger partial charge < -0.3 is 19.5 Å². The number of ether oxygens (including phenoxy) is 3. The van der Waals surface area contributed by atoms with Gasteiger partial charge in [0.15, 0.2) is 11.5 Å². The van der Waals surface area contributed by atoms with E-state index < -0.39 is 5.97 Å². The Kier molecular flexibility index (Phi) is 4.83. The maximum Gasteiger partial charge on any atom is 0.341 e. The predicted molar refractivity (Wildman–Crippen MR) is 104 cm³/mol. The molecule has 6 nitrogen and oxygen atoms in total. The molecule has 1 N–H and O–H groups in total. The van der Waals surface area contributed by atoms with E-state index in [0.29, 0.717) is 27.6 Å². The minimum absolute atomic E-state index is 0.141. The number of fused-ring (bicyclic) bond motifs is 1. The Labute approximate surface area is 163 Å². The maximum absolute atomic E-state index is 12.7. The number of amides is 1. The third kappa shape index (κ3) is 3.41. The zero-order valence-electron chi connectivity index (χ0n) is 14.3. The van der Waals surface area contributed by atoms with Crippen molar-refractivity contribution in [1.29, 1.82) is 0 Å². The van der Waals surface area contributed by atoms with Gasteiger partial charge in [0.2, 0.25) is 6.79 Å². The van der Waals surface area contributed by atoms with E-state index >= 15 is 0 Å². The van der Waals surface area contributed by atoms with Gasteiger partial charge in [-0.25, -0.2) is 4.79 Å². The number of hydrogen-bond donors (Lipinski definition) is 1. The quantitative estimate of drug-likeness (QED) is 0.631. The average Bonchev–Trinajstić information content (AvgIpc) is 3.41. The summed E-state index contributed by atoms with van der Waals surface area (Å²) in [5.41, 5.74) is 1.55. The summed E-state index contributed by atoms with van der Waals surface area (Å²) in [5.74, 6) is 0.343. The first kappa shape index (κ1) is 17.6. The van der Waals surface area contributed by atoms with Crippen LogP contribution in [0.3, 0.4) is 0 Å². The van der Waals surface area contributed by atoms with Crippen LogP contribution in [0.2, 0.25) is 0 Å². The highest BCUT2D eigenvalue weighted by Crippen LogP contribution is 2.39. The number of anilines is 1. The van der Waals surface area contributed by atoms with E-state index in [0.717, 1.165) is 10.4 Å². The Morgan fingerprint density at radius 3 is 2.81 bits per heavy atom. The standard InChI is InChI=1S/C19H15NO5S2/c1-2-23-19(22)16-12(15-4-3-7-26-15)9-27-18(16)20-17(21)11-5-6-13-14(8-11)25-10-24-13/h3-9H,2,10H2,1H3,(H,20,21). The highest BCUT2D eigenvalue weighted by atomic mass is 32.1. The number of thiophene rings is 2. The van der Waals surface area contributed by atoms with Gasteiger partial charge in [-0.05, 0) is 36.6 Å². The summed E-state index contributed by atoms with van der Waals surface area (Å²) in [5, 5.41) is 7.08. The van der Waals surface area contributed by atoms with Crippen molar-refractivity contribution in [1.82, 2.24) is 0 Å². The van der Waals surface area contributed by atoms with Crippen molar-refractivity contribution >= 4 is 39.6 Å². The first-order valence-corrected chi connectivity index (χ1v) is 9.96. The molecule has 27 heavy (non-hydrogen) atoms. The van der Waals surface area contributed by atoms with E-state index in [9.17, 15) is 9.59 Å². The van der Waals surface area contributed by atoms with Crippen LogP contribution in [0.1, 0.15) is 27.6 Å². The van der Waals surface area contributed by atoms with Gasteiger partial charge in [0, 0.05) is 21.4 Å². The molecule has 0 fully saturated rings. The fourth-order valence-corrected chi connectivity index (χ4v) is 4.45. The Hall–Kier alpha value is -2.84. The van der Waals surface area contributed by atoms with Crippen molar-refractivity contribution in [2.45, 2.75) is 6.92 Å². The molecule has 0 saturated carbocycles. The molecular formula is C19H15NO5S2. The van der Waals surface area contributed by atoms with Crippen molar-refractivity contribution < 1.29 is 23.8 Å². The van der Waals surface area contributed by atoms with E-state index in [4.69, 9.17) is 14.2 Å². The molecule has 1 amide bonds. The molecule has 0 bridgehead atoms. The van der Waals surface area contributed by atoms with Crippen LogP contribution >= 0.6 is 22.7 Å². The smallest absolute Gasteiger partial charge is 0.341 e. The molecule has 4 rings (SSSR count). The molecule has 1 aliphatic rings. The molecule has 0 saturated heterocycles. The summed E-state index contributed by atoms with van der Waals surface area (Å²) in [7, 11) is 0. The number of benzene rings is 1. The minimum atomic E-state index is -0.455. The maximum atomic E-state index is 12.7. The molecule has 1 aromatic carbocycles. The largest absolute Gasteiger partial charge is 0.462 e. The molecule has 0 atom stereocenters. The van der Waals surface area contributed by atoms with E-state index in [1.54, 1.807) is 25.1 Å². The lowest BCUT2D eigenvalue weighted by Gasteiger charge is -2.08. The van der Waals surface area contributed by atoms with Gasteiger partial charge in [0.25, 0.3) is 5.91 Å². The van der Waals surface area contributed by atoms with Crippen LogP contribution in [0.4, 0.5) is 5.00 Å². The highest BCUT2D eigenvalue weighted by Gasteiger charge is 2.24. The van der Waals surface area contributed by atoms with Crippen LogP contribution in [0.25, 0.3) is 10.4 Å². The Bertz CT molecular complexity index is 994. The van der Waals surface area contributed by atoms with Crippen LogP contribution in [0.15, 0.2) is 41.1 Å². The molecule has 0 unspecified atom stereocenters. The SMILES string of the molecule is CCOC(=O)c1c(-c2cccs2)csc1NC(=O)c1ccc2c(c1)OCO2. The lowest BCUT2D eigenvalue weighted by molar-refractivity contribution is 0.0529. The predicted octanol–water partition coefficient (Wildman–Crippen LogP) is 4.63. The zero-order chi connectivity index (χ0) is 18.8. The van der Waals surface area contributed by atoms with Crippen LogP contribution in [-0.2, 0) is 4.74 Å². The van der Waals surface area contributed by atoms with E-state index in [-0.39, 0.29) is 19.3 Å². The molecule has 0 spiro atoms. The second kappa shape index (κ2) is 7.42. The van der Waals surface area contributed by atoms with Crippen molar-refractivity contribution in [3.8, 4) is 21.9 Å². The summed E-state index contributed by atoms with van der Waals surface area (Å²) in [6.07, 6.45) is 0. The number of hydrogen-bond acceptors (Lipinski definition) is 7. The van der Waals surface area contributed by atoms with Crippen molar-refractivity contribution in [2.75, 3.05) is 18.7 Å². The van der Waals surface area contributed by atoms with Gasteiger partial charge in [0.1, 0.15) is 10.6 Å². The molecule has 0 radical (unpaired) electrons. The first-order chi connectivity index (χ1) is 13.2. The lowest BCUT2D eigenvalue weighted by atomic mass is 10.1. The van der Waals surface area contributed by atoms with Crippen LogP contribution in [-0.4, -0.2) is 25.3 Å². The normalized spacial score (nSPS) is 12.0. The van der Waals surface area contributed by atoms with E-state index in [1.165, 1.54) is 22.7 Å². The average molecular weight is 401 g/mol. The highest BCUT2D eigenvalue weighted by molar-refractivity contribution is 7.17. The van der Waals surface area contributed by atoms with E-state index in [2.05, 4.69) is 5.32 Å². The third-order valence-corrected chi connectivity index (χ3v) is 5.72. The van der Waals surface area contributed by atoms with Gasteiger partial charge in [-0.2, -0.15) is 0 Å². The second-order valence-corrected chi connectivity index (χ2v) is 7.40. The molecule has 3 heterocycles. The summed E-state index contributed by atoms with van der Waals surface area (Å²) < 4.78 is 15.8. The summed E-state index contributed by atoms with van der Waals surface area (Å²) in [6, 6.07) is 8.81. The number of carbonyl (C=O) groups is 2. The molecule has 8 heteroatoms. The molecular weight excluding hydrogens is 386 g/mol. The van der Waals surface area contributed by atoms with Crippen LogP contribution < -0.4 is 14.8 Å². The summed E-state index contributed by atoms with van der Waals surface area (Å²) >= 11 is 2.82. The third-order valence-electron chi connectivity index (χ3n) is 3.92. The van der Waals surface area contributed by atoms with Gasteiger partial charge in [-0.15, -0.1) is 22.7 Å². The van der Waals surface area contributed by atoms with Crippen molar-refractivity contribution in [2.24, 2.45) is 0 Å². The van der Waals surface area contributed by atoms with Crippen molar-refractivity contribution in [3.63, 3.8) is 0 Å². The summed E-state index contributed by atoms with van der Waals surface area (Å²) in [6.45, 7) is 2.15. The minimum Gasteiger partial charge on any atom is -0.462 e. The fourth-order valence-electron chi connectivity index (χ4n) is 2.68. The molecule has 1 aliphatic heterocycles. The zero-order valence-corrected chi connectivity index (χ0v) is 15.9. The molecule has 3 aromatic rings. The monoisotopic (exact) mass is 401 g/mol. The number of nitrogens with one attached hydrogen (secondary N) is 1. The first-order valence-electron chi connectivity index (χ1n) is 8.21. The van der Waals surface area contributed by atoms with E-state index in [1.807, 2.05) is 22.9 Å². The second-order valence-electron chi connectivity index (χ2n) is 5.57. The number of carbonyl (C=O) groups excluding carboxylic acids is 2. The van der Waals surface area contributed by atoms with Crippen LogP contribution in [0.5, 0.6) is 11.5 Å². The Morgan fingerprint density at radius 2 is 2.04 bits per heavy atom. The van der Waals surface area contributed by atoms with Gasteiger partial charge in [0.05, 0.1) is 6.61 Å². The fraction of sp³-hybridized carbons (Fsp3) is 0.158. The van der Waals surface area contributed by atoms with Gasteiger partial charge in [-0.3, -0.25) is 4.79 Å².